The average Bonchev–Trinajstić information content (AvgIpc) is 2.65. The quantitative estimate of drug-likeness (QED) is 0.696. The molecule has 2 rings (SSSR count). The summed E-state index contributed by atoms with van der Waals surface area (Å²) in [5.41, 5.74) is 7.03. The summed E-state index contributed by atoms with van der Waals surface area (Å²) in [6.45, 7) is 4.82. The van der Waals surface area contributed by atoms with Gasteiger partial charge in [-0.05, 0) is 43.4 Å². The topological polar surface area (TPSA) is 26.0 Å². The summed E-state index contributed by atoms with van der Waals surface area (Å²) in [5.74, 6) is 0.927. The lowest BCUT2D eigenvalue weighted by Crippen LogP contribution is -2.30. The molecule has 2 N–H and O–H groups in total. The number of nitrogens with two attached hydrogens (primary N) is 1. The van der Waals surface area contributed by atoms with E-state index in [-0.39, 0.29) is 5.54 Å². The van der Waals surface area contributed by atoms with Crippen LogP contribution in [0.4, 0.5) is 0 Å². The lowest BCUT2D eigenvalue weighted by Gasteiger charge is -2.36. The van der Waals surface area contributed by atoms with Crippen LogP contribution in [0.3, 0.4) is 0 Å². The molecule has 2 aliphatic rings. The van der Waals surface area contributed by atoms with Gasteiger partial charge in [0.2, 0.25) is 0 Å². The average molecular weight is 181 g/mol. The molecule has 0 saturated heterocycles. The second kappa shape index (κ2) is 2.98. The van der Waals surface area contributed by atoms with Crippen LogP contribution in [0.5, 0.6) is 0 Å². The van der Waals surface area contributed by atoms with Gasteiger partial charge in [-0.3, -0.25) is 0 Å². The fourth-order valence-electron chi connectivity index (χ4n) is 2.97. The Morgan fingerprint density at radius 1 is 1.23 bits per heavy atom. The van der Waals surface area contributed by atoms with Crippen LogP contribution >= 0.6 is 0 Å². The summed E-state index contributed by atoms with van der Waals surface area (Å²) in [7, 11) is 0. The molecule has 2 saturated carbocycles. The summed E-state index contributed by atoms with van der Waals surface area (Å²) >= 11 is 0. The first kappa shape index (κ1) is 9.51. The summed E-state index contributed by atoms with van der Waals surface area (Å²) in [6, 6.07) is 0. The predicted molar refractivity (Wildman–Crippen MR) is 56.5 cm³/mol. The highest BCUT2D eigenvalue weighted by atomic mass is 14.8. The third-order valence-corrected chi connectivity index (χ3v) is 3.89. The van der Waals surface area contributed by atoms with Crippen LogP contribution in [-0.4, -0.2) is 5.54 Å². The van der Waals surface area contributed by atoms with Crippen molar-refractivity contribution in [3.8, 4) is 0 Å². The Labute approximate surface area is 82.1 Å². The van der Waals surface area contributed by atoms with Gasteiger partial charge in [-0.15, -0.1) is 0 Å². The summed E-state index contributed by atoms with van der Waals surface area (Å²) < 4.78 is 0. The highest BCUT2D eigenvalue weighted by molar-refractivity contribution is 5.00. The first-order valence-corrected chi connectivity index (χ1v) is 5.78. The molecule has 0 radical (unpaired) electrons. The van der Waals surface area contributed by atoms with E-state index in [0.29, 0.717) is 5.41 Å². The van der Waals surface area contributed by atoms with Crippen LogP contribution < -0.4 is 5.73 Å². The summed E-state index contributed by atoms with van der Waals surface area (Å²) in [5, 5.41) is 0. The van der Waals surface area contributed by atoms with E-state index in [9.17, 15) is 0 Å². The molecule has 0 aromatic heterocycles. The highest BCUT2D eigenvalue weighted by Gasteiger charge is 2.41. The van der Waals surface area contributed by atoms with E-state index in [4.69, 9.17) is 5.73 Å². The molecule has 1 heteroatoms. The van der Waals surface area contributed by atoms with E-state index in [1.165, 1.54) is 44.9 Å². The molecule has 0 amide bonds. The standard InChI is InChI=1S/C12H23N/c1-11(2)5-3-4-10(8-11)9-12(13)6-7-12/h10H,3-9,13H2,1-2H3. The van der Waals surface area contributed by atoms with Crippen LogP contribution in [0.1, 0.15) is 58.8 Å². The minimum atomic E-state index is 0.276. The molecule has 1 atom stereocenters. The van der Waals surface area contributed by atoms with E-state index in [2.05, 4.69) is 13.8 Å². The molecule has 76 valence electrons. The van der Waals surface area contributed by atoms with Crippen LogP contribution in [0.2, 0.25) is 0 Å². The van der Waals surface area contributed by atoms with Crippen molar-refractivity contribution in [2.45, 2.75) is 64.3 Å². The van der Waals surface area contributed by atoms with Gasteiger partial charge in [-0.1, -0.05) is 26.7 Å². The van der Waals surface area contributed by atoms with E-state index >= 15 is 0 Å². The fraction of sp³-hybridized carbons (Fsp3) is 1.00. The Morgan fingerprint density at radius 3 is 2.46 bits per heavy atom. The molecule has 0 aromatic rings. The van der Waals surface area contributed by atoms with Crippen molar-refractivity contribution in [3.05, 3.63) is 0 Å². The zero-order valence-corrected chi connectivity index (χ0v) is 9.10. The summed E-state index contributed by atoms with van der Waals surface area (Å²) in [6.07, 6.45) is 9.55. The van der Waals surface area contributed by atoms with Gasteiger partial charge in [0, 0.05) is 5.54 Å². The lowest BCUT2D eigenvalue weighted by molar-refractivity contribution is 0.165. The monoisotopic (exact) mass is 181 g/mol. The third kappa shape index (κ3) is 2.46. The molecule has 1 unspecified atom stereocenters. The maximum atomic E-state index is 6.17. The molecule has 1 nitrogen and oxygen atoms in total. The number of rotatable bonds is 2. The van der Waals surface area contributed by atoms with Gasteiger partial charge >= 0.3 is 0 Å². The molecule has 2 aliphatic carbocycles. The van der Waals surface area contributed by atoms with Crippen LogP contribution in [0, 0.1) is 11.3 Å². The van der Waals surface area contributed by atoms with Crippen LogP contribution in [0.15, 0.2) is 0 Å². The zero-order valence-electron chi connectivity index (χ0n) is 9.10. The molecular weight excluding hydrogens is 158 g/mol. The van der Waals surface area contributed by atoms with Crippen molar-refractivity contribution < 1.29 is 0 Å². The first-order chi connectivity index (χ1) is 5.99. The van der Waals surface area contributed by atoms with E-state index < -0.39 is 0 Å². The molecule has 0 heterocycles. The van der Waals surface area contributed by atoms with Crippen molar-refractivity contribution in [1.82, 2.24) is 0 Å². The first-order valence-electron chi connectivity index (χ1n) is 5.78. The largest absolute Gasteiger partial charge is 0.325 e. The summed E-state index contributed by atoms with van der Waals surface area (Å²) in [4.78, 5) is 0. The minimum absolute atomic E-state index is 0.276. The van der Waals surface area contributed by atoms with Gasteiger partial charge in [-0.2, -0.15) is 0 Å². The normalized spacial score (nSPS) is 35.8. The fourth-order valence-corrected chi connectivity index (χ4v) is 2.97. The maximum Gasteiger partial charge on any atom is 0.0158 e. The molecular formula is C12H23N. The molecule has 0 bridgehead atoms. The van der Waals surface area contributed by atoms with Gasteiger partial charge in [-0.25, -0.2) is 0 Å². The van der Waals surface area contributed by atoms with Crippen molar-refractivity contribution >= 4 is 0 Å². The Bertz CT molecular complexity index is 189. The van der Waals surface area contributed by atoms with E-state index in [1.54, 1.807) is 0 Å². The number of hydrogen-bond donors (Lipinski definition) is 1. The predicted octanol–water partition coefficient (Wildman–Crippen LogP) is 3.08. The van der Waals surface area contributed by atoms with Crippen molar-refractivity contribution in [3.63, 3.8) is 0 Å². The van der Waals surface area contributed by atoms with Gasteiger partial charge in [0.05, 0.1) is 0 Å². The molecule has 13 heavy (non-hydrogen) atoms. The second-order valence-electron chi connectivity index (χ2n) is 6.19. The SMILES string of the molecule is CC1(C)CCCC(CC2(N)CC2)C1. The Morgan fingerprint density at radius 2 is 1.92 bits per heavy atom. The van der Waals surface area contributed by atoms with Crippen molar-refractivity contribution in [2.24, 2.45) is 17.1 Å². The van der Waals surface area contributed by atoms with Gasteiger partial charge < -0.3 is 5.73 Å². The van der Waals surface area contributed by atoms with Crippen LogP contribution in [-0.2, 0) is 0 Å². The Balaban J connectivity index is 1.86. The molecule has 0 aliphatic heterocycles. The lowest BCUT2D eigenvalue weighted by atomic mass is 9.70. The van der Waals surface area contributed by atoms with Gasteiger partial charge in [0.25, 0.3) is 0 Å². The maximum absolute atomic E-state index is 6.17. The second-order valence-corrected chi connectivity index (χ2v) is 6.19. The molecule has 0 aromatic carbocycles. The minimum Gasteiger partial charge on any atom is -0.325 e. The van der Waals surface area contributed by atoms with Gasteiger partial charge in [0.1, 0.15) is 0 Å². The third-order valence-electron chi connectivity index (χ3n) is 3.89. The van der Waals surface area contributed by atoms with Crippen LogP contribution in [0.25, 0.3) is 0 Å². The smallest absolute Gasteiger partial charge is 0.0158 e. The highest BCUT2D eigenvalue weighted by Crippen LogP contribution is 2.46. The molecule has 2 fully saturated rings. The zero-order chi connectivity index (χ0) is 9.53. The number of hydrogen-bond acceptors (Lipinski definition) is 1. The van der Waals surface area contributed by atoms with Gasteiger partial charge in [0.15, 0.2) is 0 Å². The Kier molecular flexibility index (Phi) is 2.18. The molecule has 0 spiro atoms. The van der Waals surface area contributed by atoms with Crippen molar-refractivity contribution in [2.75, 3.05) is 0 Å². The van der Waals surface area contributed by atoms with Crippen molar-refractivity contribution in [1.29, 1.82) is 0 Å². The van der Waals surface area contributed by atoms with E-state index in [0.717, 1.165) is 5.92 Å². The van der Waals surface area contributed by atoms with E-state index in [1.807, 2.05) is 0 Å². The Hall–Kier alpha value is -0.0400.